The number of aromatic nitrogens is 1. The van der Waals surface area contributed by atoms with E-state index in [1.54, 1.807) is 0 Å². The van der Waals surface area contributed by atoms with Gasteiger partial charge >= 0.3 is 0 Å². The van der Waals surface area contributed by atoms with Crippen LogP contribution in [0, 0.1) is 5.82 Å². The van der Waals surface area contributed by atoms with Crippen LogP contribution in [0.25, 0.3) is 11.5 Å². The normalized spacial score (nSPS) is 10.4. The number of amides is 1. The van der Waals surface area contributed by atoms with Crippen LogP contribution in [-0.4, -0.2) is 10.9 Å². The number of carbonyl (C=O) groups is 1. The maximum absolute atomic E-state index is 13.1. The average molecular weight is 241 g/mol. The Morgan fingerprint density at radius 2 is 2.25 bits per heavy atom. The number of hydrogen-bond acceptors (Lipinski definition) is 3. The fraction of sp³-hybridized carbons (Fsp3) is 0. The zero-order valence-corrected chi connectivity index (χ0v) is 8.66. The number of benzene rings is 1. The summed E-state index contributed by atoms with van der Waals surface area (Å²) >= 11 is 5.52. The third-order valence-electron chi connectivity index (χ3n) is 1.92. The lowest BCUT2D eigenvalue weighted by molar-refractivity contribution is 0.0974. The third-order valence-corrected chi connectivity index (χ3v) is 2.22. The summed E-state index contributed by atoms with van der Waals surface area (Å²) in [6.45, 7) is 0. The second-order valence-corrected chi connectivity index (χ2v) is 3.43. The number of nitrogens with two attached hydrogens (primary N) is 1. The first-order valence-electron chi connectivity index (χ1n) is 4.29. The van der Waals surface area contributed by atoms with Crippen molar-refractivity contribution >= 4 is 17.5 Å². The van der Waals surface area contributed by atoms with Gasteiger partial charge in [0.05, 0.1) is 11.2 Å². The van der Waals surface area contributed by atoms with Gasteiger partial charge in [0.15, 0.2) is 0 Å². The Balaban J connectivity index is 2.42. The van der Waals surface area contributed by atoms with Crippen LogP contribution in [0.1, 0.15) is 10.6 Å². The van der Waals surface area contributed by atoms with Crippen molar-refractivity contribution in [3.05, 3.63) is 41.0 Å². The van der Waals surface area contributed by atoms with Crippen LogP contribution in [-0.2, 0) is 0 Å². The lowest BCUT2D eigenvalue weighted by Crippen LogP contribution is -2.09. The molecule has 0 aliphatic rings. The van der Waals surface area contributed by atoms with Gasteiger partial charge in [-0.05, 0) is 18.2 Å². The minimum atomic E-state index is -0.729. The minimum absolute atomic E-state index is 0.00503. The minimum Gasteiger partial charge on any atom is -0.431 e. The predicted molar refractivity (Wildman–Crippen MR) is 55.4 cm³/mol. The highest BCUT2D eigenvalue weighted by Crippen LogP contribution is 2.23. The van der Waals surface area contributed by atoms with Crippen LogP contribution in [0.3, 0.4) is 0 Å². The number of rotatable bonds is 2. The maximum Gasteiger partial charge on any atom is 0.286 e. The van der Waals surface area contributed by atoms with Gasteiger partial charge in [-0.3, -0.25) is 4.79 Å². The first kappa shape index (κ1) is 10.6. The van der Waals surface area contributed by atoms with Crippen molar-refractivity contribution in [1.29, 1.82) is 0 Å². The largest absolute Gasteiger partial charge is 0.431 e. The molecule has 0 saturated carbocycles. The molecule has 0 bridgehead atoms. The van der Waals surface area contributed by atoms with Gasteiger partial charge in [-0.25, -0.2) is 9.37 Å². The highest BCUT2D eigenvalue weighted by molar-refractivity contribution is 6.30. The summed E-state index contributed by atoms with van der Waals surface area (Å²) in [5.41, 5.74) is 5.38. The molecule has 1 aromatic carbocycles. The van der Waals surface area contributed by atoms with E-state index < -0.39 is 11.7 Å². The summed E-state index contributed by atoms with van der Waals surface area (Å²) < 4.78 is 18.2. The third kappa shape index (κ3) is 1.90. The van der Waals surface area contributed by atoms with E-state index >= 15 is 0 Å². The molecule has 82 valence electrons. The summed E-state index contributed by atoms with van der Waals surface area (Å²) in [6, 6.07) is 4.07. The second-order valence-electron chi connectivity index (χ2n) is 3.02. The lowest BCUT2D eigenvalue weighted by atomic mass is 10.2. The van der Waals surface area contributed by atoms with E-state index in [-0.39, 0.29) is 16.7 Å². The molecule has 0 aliphatic heterocycles. The van der Waals surface area contributed by atoms with E-state index in [0.717, 1.165) is 0 Å². The van der Waals surface area contributed by atoms with Crippen molar-refractivity contribution in [2.75, 3.05) is 0 Å². The van der Waals surface area contributed by atoms with Crippen LogP contribution in [0.2, 0.25) is 5.02 Å². The average Bonchev–Trinajstić information content (AvgIpc) is 2.71. The summed E-state index contributed by atoms with van der Waals surface area (Å²) in [5.74, 6) is -1.28. The van der Waals surface area contributed by atoms with Crippen LogP contribution in [0.4, 0.5) is 4.39 Å². The lowest BCUT2D eigenvalue weighted by Gasteiger charge is -1.97. The van der Waals surface area contributed by atoms with Crippen molar-refractivity contribution in [2.45, 2.75) is 0 Å². The Bertz CT molecular complexity index is 554. The molecule has 0 spiro atoms. The Hall–Kier alpha value is -1.88. The number of primary amides is 1. The predicted octanol–water partition coefficient (Wildman–Crippen LogP) is 2.23. The molecule has 1 aromatic heterocycles. The molecule has 1 heterocycles. The van der Waals surface area contributed by atoms with Crippen molar-refractivity contribution in [2.24, 2.45) is 5.73 Å². The molecule has 4 nitrogen and oxygen atoms in total. The molecule has 0 saturated heterocycles. The summed E-state index contributed by atoms with van der Waals surface area (Å²) in [7, 11) is 0. The van der Waals surface area contributed by atoms with Crippen molar-refractivity contribution in [3.8, 4) is 11.5 Å². The summed E-state index contributed by atoms with van der Waals surface area (Å²) in [6.07, 6.45) is 1.18. The molecule has 0 fully saturated rings. The van der Waals surface area contributed by atoms with Gasteiger partial charge in [-0.15, -0.1) is 0 Å². The zero-order chi connectivity index (χ0) is 11.7. The highest BCUT2D eigenvalue weighted by Gasteiger charge is 2.11. The highest BCUT2D eigenvalue weighted by atomic mass is 35.5. The fourth-order valence-corrected chi connectivity index (χ4v) is 1.27. The fourth-order valence-electron chi connectivity index (χ4n) is 1.15. The number of halogens is 2. The van der Waals surface area contributed by atoms with Gasteiger partial charge in [0.2, 0.25) is 11.7 Å². The van der Waals surface area contributed by atoms with Gasteiger partial charge < -0.3 is 10.2 Å². The Morgan fingerprint density at radius 3 is 2.81 bits per heavy atom. The Labute approximate surface area is 94.8 Å². The molecule has 0 radical (unpaired) electrons. The summed E-state index contributed by atoms with van der Waals surface area (Å²) in [4.78, 5) is 14.6. The van der Waals surface area contributed by atoms with Gasteiger partial charge in [-0.1, -0.05) is 11.6 Å². The first-order chi connectivity index (χ1) is 7.58. The standard InChI is InChI=1S/C10H6ClFN2O2/c11-6-2-1-5(3-7(6)12)10-14-4-8(16-10)9(13)15/h1-4H,(H2,13,15). The molecule has 0 unspecified atom stereocenters. The van der Waals surface area contributed by atoms with E-state index in [1.807, 2.05) is 0 Å². The monoisotopic (exact) mass is 240 g/mol. The van der Waals surface area contributed by atoms with Crippen LogP contribution in [0.5, 0.6) is 0 Å². The maximum atomic E-state index is 13.1. The molecule has 1 amide bonds. The van der Waals surface area contributed by atoms with E-state index in [9.17, 15) is 9.18 Å². The van der Waals surface area contributed by atoms with Gasteiger partial charge in [0.1, 0.15) is 5.82 Å². The molecule has 0 atom stereocenters. The van der Waals surface area contributed by atoms with E-state index in [1.165, 1.54) is 24.4 Å². The Kier molecular flexibility index (Phi) is 2.62. The van der Waals surface area contributed by atoms with Crippen molar-refractivity contribution in [1.82, 2.24) is 4.98 Å². The topological polar surface area (TPSA) is 69.1 Å². The van der Waals surface area contributed by atoms with Crippen LogP contribution >= 0.6 is 11.6 Å². The Morgan fingerprint density at radius 1 is 1.50 bits per heavy atom. The van der Waals surface area contributed by atoms with Crippen molar-refractivity contribution in [3.63, 3.8) is 0 Å². The number of carbonyl (C=O) groups excluding carboxylic acids is 1. The molecule has 16 heavy (non-hydrogen) atoms. The number of hydrogen-bond donors (Lipinski definition) is 1. The SMILES string of the molecule is NC(=O)c1cnc(-c2ccc(Cl)c(F)c2)o1. The van der Waals surface area contributed by atoms with Gasteiger partial charge in [0.25, 0.3) is 5.91 Å². The van der Waals surface area contributed by atoms with E-state index in [4.69, 9.17) is 21.8 Å². The smallest absolute Gasteiger partial charge is 0.286 e. The molecular weight excluding hydrogens is 235 g/mol. The second kappa shape index (κ2) is 3.94. The molecule has 0 aliphatic carbocycles. The molecule has 6 heteroatoms. The van der Waals surface area contributed by atoms with Gasteiger partial charge in [0, 0.05) is 5.56 Å². The van der Waals surface area contributed by atoms with Gasteiger partial charge in [-0.2, -0.15) is 0 Å². The summed E-state index contributed by atoms with van der Waals surface area (Å²) in [5, 5.41) is 0.00503. The molecule has 2 aromatic rings. The molecule has 2 N–H and O–H groups in total. The van der Waals surface area contributed by atoms with Crippen molar-refractivity contribution < 1.29 is 13.6 Å². The van der Waals surface area contributed by atoms with E-state index in [0.29, 0.717) is 5.56 Å². The zero-order valence-electron chi connectivity index (χ0n) is 7.91. The molecular formula is C10H6ClFN2O2. The number of nitrogens with zero attached hydrogens (tertiary/aromatic N) is 1. The quantitative estimate of drug-likeness (QED) is 0.875. The number of oxazole rings is 1. The first-order valence-corrected chi connectivity index (χ1v) is 4.67. The van der Waals surface area contributed by atoms with E-state index in [2.05, 4.69) is 4.98 Å². The molecule has 2 rings (SSSR count). The van der Waals surface area contributed by atoms with Crippen LogP contribution in [0.15, 0.2) is 28.8 Å². The van der Waals surface area contributed by atoms with Crippen LogP contribution < -0.4 is 5.73 Å².